The van der Waals surface area contributed by atoms with Gasteiger partial charge in [-0.25, -0.2) is 0 Å². The lowest BCUT2D eigenvalue weighted by atomic mass is 10.1. The Balaban J connectivity index is 1.52. The van der Waals surface area contributed by atoms with Crippen LogP contribution in [-0.2, 0) is 16.1 Å². The molecule has 0 aliphatic heterocycles. The van der Waals surface area contributed by atoms with E-state index in [9.17, 15) is 14.4 Å². The molecule has 0 aliphatic rings. The summed E-state index contributed by atoms with van der Waals surface area (Å²) in [7, 11) is 1.75. The highest BCUT2D eigenvalue weighted by molar-refractivity contribution is 5.98. The maximum absolute atomic E-state index is 12.8. The van der Waals surface area contributed by atoms with Gasteiger partial charge in [-0.3, -0.25) is 14.4 Å². The molecule has 0 fully saturated rings. The summed E-state index contributed by atoms with van der Waals surface area (Å²) in [5.41, 5.74) is 3.56. The largest absolute Gasteiger partial charge is 0.376 e. The maximum atomic E-state index is 12.8. The van der Waals surface area contributed by atoms with Gasteiger partial charge < -0.3 is 20.9 Å². The van der Waals surface area contributed by atoms with Crippen LogP contribution in [0.4, 0.5) is 17.1 Å². The summed E-state index contributed by atoms with van der Waals surface area (Å²) in [5, 5.41) is 8.69. The highest BCUT2D eigenvalue weighted by Gasteiger charge is 2.13. The maximum Gasteiger partial charge on any atom is 0.253 e. The molecule has 0 radical (unpaired) electrons. The molecule has 0 unspecified atom stereocenters. The highest BCUT2D eigenvalue weighted by atomic mass is 16.2. The molecule has 3 rings (SSSR count). The number of benzene rings is 3. The van der Waals surface area contributed by atoms with Crippen LogP contribution < -0.4 is 16.0 Å². The Hall–Kier alpha value is -4.13. The molecule has 3 N–H and O–H groups in total. The molecule has 0 aliphatic carbocycles. The van der Waals surface area contributed by atoms with Gasteiger partial charge in [0, 0.05) is 42.1 Å². The molecule has 7 nitrogen and oxygen atoms in total. The summed E-state index contributed by atoms with van der Waals surface area (Å²) < 4.78 is 0. The van der Waals surface area contributed by atoms with E-state index in [1.165, 1.54) is 0 Å². The second-order valence-electron chi connectivity index (χ2n) is 8.35. The van der Waals surface area contributed by atoms with Gasteiger partial charge in [0.1, 0.15) is 0 Å². The van der Waals surface area contributed by atoms with Crippen LogP contribution in [0, 0.1) is 5.92 Å². The number of hydrogen-bond donors (Lipinski definition) is 3. The second-order valence-corrected chi connectivity index (χ2v) is 8.35. The highest BCUT2D eigenvalue weighted by Crippen LogP contribution is 2.16. The minimum absolute atomic E-state index is 0.0490. The van der Waals surface area contributed by atoms with Crippen LogP contribution in [-0.4, -0.2) is 36.2 Å². The summed E-state index contributed by atoms with van der Waals surface area (Å²) in [6.45, 7) is 4.22. The molecule has 0 saturated heterocycles. The lowest BCUT2D eigenvalue weighted by Crippen LogP contribution is -2.26. The molecule has 7 heteroatoms. The van der Waals surface area contributed by atoms with Crippen molar-refractivity contribution in [2.75, 3.05) is 29.5 Å². The van der Waals surface area contributed by atoms with E-state index in [1.807, 2.05) is 44.2 Å². The first-order valence-electron chi connectivity index (χ1n) is 11.2. The number of carbonyl (C=O) groups excluding carboxylic acids is 3. The van der Waals surface area contributed by atoms with E-state index in [0.29, 0.717) is 23.5 Å². The second kappa shape index (κ2) is 11.7. The molecular weight excluding hydrogens is 428 g/mol. The number of rotatable bonds is 9. The van der Waals surface area contributed by atoms with Crippen molar-refractivity contribution in [3.63, 3.8) is 0 Å². The number of hydrogen-bond acceptors (Lipinski definition) is 4. The van der Waals surface area contributed by atoms with Crippen molar-refractivity contribution in [3.8, 4) is 0 Å². The molecule has 0 spiro atoms. The fraction of sp³-hybridized carbons (Fsp3) is 0.222. The quantitative estimate of drug-likeness (QED) is 0.437. The predicted octanol–water partition coefficient (Wildman–Crippen LogP) is 4.60. The average Bonchev–Trinajstić information content (AvgIpc) is 2.84. The van der Waals surface area contributed by atoms with Gasteiger partial charge in [0.15, 0.2) is 0 Å². The summed E-state index contributed by atoms with van der Waals surface area (Å²) in [5.74, 6) is -0.506. The lowest BCUT2D eigenvalue weighted by Gasteiger charge is -2.18. The van der Waals surface area contributed by atoms with Crippen molar-refractivity contribution in [2.24, 2.45) is 5.92 Å². The zero-order chi connectivity index (χ0) is 24.5. The molecule has 3 amide bonds. The minimum atomic E-state index is -0.237. The zero-order valence-electron chi connectivity index (χ0n) is 19.7. The molecule has 3 aromatic rings. The summed E-state index contributed by atoms with van der Waals surface area (Å²) in [6.07, 6.45) is 0. The topological polar surface area (TPSA) is 90.5 Å². The van der Waals surface area contributed by atoms with E-state index in [-0.39, 0.29) is 30.2 Å². The number of carbonyl (C=O) groups is 3. The third-order valence-electron chi connectivity index (χ3n) is 5.13. The lowest BCUT2D eigenvalue weighted by molar-refractivity contribution is -0.119. The van der Waals surface area contributed by atoms with E-state index < -0.39 is 0 Å². The van der Waals surface area contributed by atoms with Gasteiger partial charge >= 0.3 is 0 Å². The fourth-order valence-corrected chi connectivity index (χ4v) is 3.22. The molecule has 176 valence electrons. The summed E-state index contributed by atoms with van der Waals surface area (Å²) in [6, 6.07) is 23.8. The SMILES string of the molecule is CC(C)C(=O)Nc1ccc(NCC(=O)Nc2cccc(C(=O)N(C)Cc3ccccc3)c2)cc1. The number of nitrogens with one attached hydrogen (secondary N) is 3. The van der Waals surface area contributed by atoms with Gasteiger partial charge in [-0.05, 0) is 48.0 Å². The number of amides is 3. The van der Waals surface area contributed by atoms with Crippen molar-refractivity contribution in [2.45, 2.75) is 20.4 Å². The van der Waals surface area contributed by atoms with Gasteiger partial charge in [0.2, 0.25) is 11.8 Å². The van der Waals surface area contributed by atoms with Crippen LogP contribution in [0.5, 0.6) is 0 Å². The van der Waals surface area contributed by atoms with E-state index in [4.69, 9.17) is 0 Å². The molecule has 0 heterocycles. The molecule has 0 atom stereocenters. The van der Waals surface area contributed by atoms with Crippen molar-refractivity contribution in [1.82, 2.24) is 4.90 Å². The first-order chi connectivity index (χ1) is 16.3. The van der Waals surface area contributed by atoms with Crippen LogP contribution in [0.25, 0.3) is 0 Å². The average molecular weight is 459 g/mol. The predicted molar refractivity (Wildman–Crippen MR) is 136 cm³/mol. The minimum Gasteiger partial charge on any atom is -0.376 e. The molecule has 3 aromatic carbocycles. The third-order valence-corrected chi connectivity index (χ3v) is 5.13. The van der Waals surface area contributed by atoms with Crippen molar-refractivity contribution in [3.05, 3.63) is 90.0 Å². The van der Waals surface area contributed by atoms with Crippen LogP contribution in [0.2, 0.25) is 0 Å². The van der Waals surface area contributed by atoms with Gasteiger partial charge in [-0.1, -0.05) is 50.2 Å². The summed E-state index contributed by atoms with van der Waals surface area (Å²) >= 11 is 0. The molecule has 0 aromatic heterocycles. The van der Waals surface area contributed by atoms with E-state index in [2.05, 4.69) is 16.0 Å². The number of anilines is 3. The fourth-order valence-electron chi connectivity index (χ4n) is 3.22. The standard InChI is InChI=1S/C27H30N4O3/c1-19(2)26(33)30-23-14-12-22(13-15-23)28-17-25(32)29-24-11-7-10-21(16-24)27(34)31(3)18-20-8-5-4-6-9-20/h4-16,19,28H,17-18H2,1-3H3,(H,29,32)(H,30,33). The van der Waals surface area contributed by atoms with Gasteiger partial charge in [0.05, 0.1) is 6.54 Å². The Morgan fingerprint density at radius 1 is 0.794 bits per heavy atom. The van der Waals surface area contributed by atoms with E-state index >= 15 is 0 Å². The molecule has 0 bridgehead atoms. The van der Waals surface area contributed by atoms with Crippen molar-refractivity contribution >= 4 is 34.8 Å². The molecular formula is C27H30N4O3. The molecule has 0 saturated carbocycles. The van der Waals surface area contributed by atoms with Gasteiger partial charge in [-0.15, -0.1) is 0 Å². The van der Waals surface area contributed by atoms with Crippen molar-refractivity contribution < 1.29 is 14.4 Å². The Kier molecular flexibility index (Phi) is 8.40. The van der Waals surface area contributed by atoms with E-state index in [1.54, 1.807) is 60.5 Å². The van der Waals surface area contributed by atoms with Crippen LogP contribution in [0.1, 0.15) is 29.8 Å². The zero-order valence-corrected chi connectivity index (χ0v) is 19.7. The smallest absolute Gasteiger partial charge is 0.253 e. The first-order valence-corrected chi connectivity index (χ1v) is 11.2. The number of nitrogens with zero attached hydrogens (tertiary/aromatic N) is 1. The normalized spacial score (nSPS) is 10.5. The Morgan fingerprint density at radius 2 is 1.47 bits per heavy atom. The first kappa shape index (κ1) is 24.5. The van der Waals surface area contributed by atoms with Crippen LogP contribution in [0.3, 0.4) is 0 Å². The van der Waals surface area contributed by atoms with Gasteiger partial charge in [-0.2, -0.15) is 0 Å². The summed E-state index contributed by atoms with van der Waals surface area (Å²) in [4.78, 5) is 38.6. The Labute approximate surface area is 200 Å². The third kappa shape index (κ3) is 7.20. The van der Waals surface area contributed by atoms with Crippen LogP contribution >= 0.6 is 0 Å². The van der Waals surface area contributed by atoms with Gasteiger partial charge in [0.25, 0.3) is 5.91 Å². The Morgan fingerprint density at radius 3 is 2.15 bits per heavy atom. The van der Waals surface area contributed by atoms with E-state index in [0.717, 1.165) is 11.3 Å². The molecule has 34 heavy (non-hydrogen) atoms. The van der Waals surface area contributed by atoms with Crippen LogP contribution in [0.15, 0.2) is 78.9 Å². The van der Waals surface area contributed by atoms with Crippen molar-refractivity contribution in [1.29, 1.82) is 0 Å². The Bertz CT molecular complexity index is 1130. The monoisotopic (exact) mass is 458 g/mol.